The fourth-order valence-corrected chi connectivity index (χ4v) is 2.17. The lowest BCUT2D eigenvalue weighted by molar-refractivity contribution is -0.235. The Labute approximate surface area is 97.5 Å². The molecule has 0 fully saturated rings. The van der Waals surface area contributed by atoms with Gasteiger partial charge in [-0.15, -0.1) is 0 Å². The van der Waals surface area contributed by atoms with Crippen LogP contribution in [0.1, 0.15) is 13.3 Å². The average molecular weight is 302 g/mol. The normalized spacial score (nSPS) is 18.2. The van der Waals surface area contributed by atoms with E-state index in [2.05, 4.69) is 4.52 Å². The van der Waals surface area contributed by atoms with E-state index in [1.807, 2.05) is 0 Å². The summed E-state index contributed by atoms with van der Waals surface area (Å²) in [6.45, 7) is 0.790. The van der Waals surface area contributed by atoms with Crippen LogP contribution in [0.3, 0.4) is 0 Å². The van der Waals surface area contributed by atoms with E-state index >= 15 is 0 Å². The maximum atomic E-state index is 12.2. The predicted octanol–water partition coefficient (Wildman–Crippen LogP) is 2.66. The number of alkyl halides is 6. The zero-order chi connectivity index (χ0) is 14.8. The van der Waals surface area contributed by atoms with E-state index in [0.717, 1.165) is 6.92 Å². The van der Waals surface area contributed by atoms with Crippen LogP contribution in [0.5, 0.6) is 0 Å². The average Bonchev–Trinajstić information content (AvgIpc) is 1.93. The standard InChI is InChI=1S/C7H9F6O4P/c1-4(14)3-18(15,16)17-5(7(11,12)13)2-6(8,9)10/h5H,2-3H2,1H3,(H,15,16). The van der Waals surface area contributed by atoms with Gasteiger partial charge in [-0.25, -0.2) is 0 Å². The lowest BCUT2D eigenvalue weighted by Gasteiger charge is -2.23. The monoisotopic (exact) mass is 302 g/mol. The zero-order valence-electron chi connectivity index (χ0n) is 8.88. The van der Waals surface area contributed by atoms with Crippen molar-refractivity contribution in [2.45, 2.75) is 31.8 Å². The second-order valence-corrected chi connectivity index (χ2v) is 5.25. The van der Waals surface area contributed by atoms with Crippen LogP contribution in [0.2, 0.25) is 0 Å². The summed E-state index contributed by atoms with van der Waals surface area (Å²) in [7, 11) is -5.06. The summed E-state index contributed by atoms with van der Waals surface area (Å²) in [4.78, 5) is 19.3. The van der Waals surface area contributed by atoms with Crippen molar-refractivity contribution in [1.82, 2.24) is 0 Å². The first-order valence-electron chi connectivity index (χ1n) is 4.36. The molecule has 0 aromatic rings. The fraction of sp³-hybridized carbons (Fsp3) is 0.857. The van der Waals surface area contributed by atoms with Gasteiger partial charge in [0.1, 0.15) is 11.9 Å². The number of Topliss-reactive ketones (excluding diaryl/α,β-unsaturated/α-hetero) is 1. The number of ketones is 1. The van der Waals surface area contributed by atoms with Crippen molar-refractivity contribution in [3.05, 3.63) is 0 Å². The summed E-state index contributed by atoms with van der Waals surface area (Å²) >= 11 is 0. The fourth-order valence-electron chi connectivity index (χ4n) is 0.940. The van der Waals surface area contributed by atoms with E-state index < -0.39 is 44.4 Å². The third-order valence-corrected chi connectivity index (χ3v) is 2.93. The molecule has 0 spiro atoms. The highest BCUT2D eigenvalue weighted by Gasteiger charge is 2.50. The van der Waals surface area contributed by atoms with Gasteiger partial charge < -0.3 is 4.89 Å². The van der Waals surface area contributed by atoms with Crippen LogP contribution in [0.15, 0.2) is 0 Å². The molecule has 0 heterocycles. The Kier molecular flexibility index (Phi) is 5.39. The van der Waals surface area contributed by atoms with Crippen LogP contribution in [-0.2, 0) is 13.9 Å². The summed E-state index contributed by atoms with van der Waals surface area (Å²) in [5.74, 6) is -0.978. The SMILES string of the molecule is CC(=O)CP(=O)(O)OC(CC(F)(F)F)C(F)(F)F. The molecule has 11 heteroatoms. The highest BCUT2D eigenvalue weighted by molar-refractivity contribution is 7.53. The van der Waals surface area contributed by atoms with Crippen molar-refractivity contribution in [2.75, 3.05) is 6.16 Å². The Morgan fingerprint density at radius 1 is 1.28 bits per heavy atom. The molecular weight excluding hydrogens is 293 g/mol. The molecule has 108 valence electrons. The first kappa shape index (κ1) is 17.4. The molecule has 0 saturated heterocycles. The third-order valence-electron chi connectivity index (χ3n) is 1.50. The number of carbonyl (C=O) groups excluding carboxylic acids is 1. The van der Waals surface area contributed by atoms with E-state index in [0.29, 0.717) is 0 Å². The molecule has 2 atom stereocenters. The molecule has 0 aliphatic rings. The third kappa shape index (κ3) is 7.67. The van der Waals surface area contributed by atoms with E-state index in [9.17, 15) is 35.7 Å². The molecule has 0 radical (unpaired) electrons. The maximum absolute atomic E-state index is 12.2. The molecule has 2 unspecified atom stereocenters. The number of halogens is 6. The van der Waals surface area contributed by atoms with Crippen LogP contribution in [0.4, 0.5) is 26.3 Å². The molecule has 1 N–H and O–H groups in total. The van der Waals surface area contributed by atoms with Gasteiger partial charge in [0.15, 0.2) is 6.10 Å². The van der Waals surface area contributed by atoms with Gasteiger partial charge in [-0.1, -0.05) is 0 Å². The van der Waals surface area contributed by atoms with Gasteiger partial charge in [0.05, 0.1) is 6.42 Å². The molecular formula is C7H9F6O4P. The Hall–Kier alpha value is -0.600. The largest absolute Gasteiger partial charge is 0.415 e. The Morgan fingerprint density at radius 3 is 2.00 bits per heavy atom. The number of hydrogen-bond donors (Lipinski definition) is 1. The number of hydrogen-bond acceptors (Lipinski definition) is 3. The van der Waals surface area contributed by atoms with Gasteiger partial charge in [0, 0.05) is 0 Å². The first-order valence-corrected chi connectivity index (χ1v) is 6.12. The maximum Gasteiger partial charge on any atom is 0.415 e. The quantitative estimate of drug-likeness (QED) is 0.626. The topological polar surface area (TPSA) is 63.6 Å². The molecule has 18 heavy (non-hydrogen) atoms. The predicted molar refractivity (Wildman–Crippen MR) is 47.0 cm³/mol. The highest BCUT2D eigenvalue weighted by Crippen LogP contribution is 2.48. The van der Waals surface area contributed by atoms with E-state index in [1.54, 1.807) is 0 Å². The molecule has 0 bridgehead atoms. The van der Waals surface area contributed by atoms with Gasteiger partial charge in [0.2, 0.25) is 0 Å². The van der Waals surface area contributed by atoms with Gasteiger partial charge >= 0.3 is 19.9 Å². The van der Waals surface area contributed by atoms with Gasteiger partial charge in [-0.3, -0.25) is 13.9 Å². The summed E-state index contributed by atoms with van der Waals surface area (Å²) in [6.07, 6.45) is -17.9. The number of carbonyl (C=O) groups is 1. The van der Waals surface area contributed by atoms with Gasteiger partial charge in [0.25, 0.3) is 0 Å². The summed E-state index contributed by atoms with van der Waals surface area (Å²) in [5, 5.41) is 0. The van der Waals surface area contributed by atoms with Crippen molar-refractivity contribution in [2.24, 2.45) is 0 Å². The van der Waals surface area contributed by atoms with Crippen molar-refractivity contribution in [3.63, 3.8) is 0 Å². The summed E-state index contributed by atoms with van der Waals surface area (Å²) in [5.41, 5.74) is 0. The molecule has 0 rings (SSSR count). The molecule has 0 aromatic carbocycles. The minimum Gasteiger partial charge on any atom is -0.324 e. The Bertz CT molecular complexity index is 349. The summed E-state index contributed by atoms with van der Waals surface area (Å²) in [6, 6.07) is 0. The van der Waals surface area contributed by atoms with E-state index in [1.165, 1.54) is 0 Å². The van der Waals surface area contributed by atoms with Crippen molar-refractivity contribution < 1.29 is 45.1 Å². The van der Waals surface area contributed by atoms with Crippen molar-refractivity contribution in [3.8, 4) is 0 Å². The smallest absolute Gasteiger partial charge is 0.324 e. The van der Waals surface area contributed by atoms with Gasteiger partial charge in [-0.2, -0.15) is 26.3 Å². The summed E-state index contributed by atoms with van der Waals surface area (Å²) < 4.78 is 86.6. The minimum atomic E-state index is -5.47. The Morgan fingerprint density at radius 2 is 1.72 bits per heavy atom. The van der Waals surface area contributed by atoms with Crippen LogP contribution >= 0.6 is 7.60 Å². The highest BCUT2D eigenvalue weighted by atomic mass is 31.2. The van der Waals surface area contributed by atoms with Crippen molar-refractivity contribution in [1.29, 1.82) is 0 Å². The van der Waals surface area contributed by atoms with Crippen LogP contribution < -0.4 is 0 Å². The Balaban J connectivity index is 4.92. The zero-order valence-corrected chi connectivity index (χ0v) is 9.77. The van der Waals surface area contributed by atoms with Crippen molar-refractivity contribution >= 4 is 13.4 Å². The molecule has 0 aromatic heterocycles. The molecule has 0 saturated carbocycles. The first-order chi connectivity index (χ1) is 7.73. The van der Waals surface area contributed by atoms with E-state index in [4.69, 9.17) is 4.89 Å². The molecule has 0 aliphatic heterocycles. The van der Waals surface area contributed by atoms with Gasteiger partial charge in [-0.05, 0) is 6.92 Å². The second kappa shape index (κ2) is 5.58. The minimum absolute atomic E-state index is 0.790. The van der Waals surface area contributed by atoms with Crippen LogP contribution in [0.25, 0.3) is 0 Å². The number of rotatable bonds is 5. The lowest BCUT2D eigenvalue weighted by Crippen LogP contribution is -2.35. The van der Waals surface area contributed by atoms with Crippen LogP contribution in [-0.4, -0.2) is 35.3 Å². The molecule has 0 amide bonds. The lowest BCUT2D eigenvalue weighted by atomic mass is 10.2. The molecule has 0 aliphatic carbocycles. The van der Waals surface area contributed by atoms with Crippen LogP contribution in [0, 0.1) is 0 Å². The second-order valence-electron chi connectivity index (χ2n) is 3.45. The molecule has 4 nitrogen and oxygen atoms in total. The van der Waals surface area contributed by atoms with E-state index in [-0.39, 0.29) is 0 Å².